The van der Waals surface area contributed by atoms with Crippen LogP contribution >= 0.6 is 0 Å². The molecule has 0 radical (unpaired) electrons. The Labute approximate surface area is 74.0 Å². The lowest BCUT2D eigenvalue weighted by Gasteiger charge is -2.14. The first kappa shape index (κ1) is 7.60. The largest absolute Gasteiger partial charge is 0.0795 e. The molecular formula is C12H14. The van der Waals surface area contributed by atoms with E-state index in [2.05, 4.69) is 50.3 Å². The van der Waals surface area contributed by atoms with Crippen LogP contribution in [0.1, 0.15) is 20.3 Å². The summed E-state index contributed by atoms with van der Waals surface area (Å²) in [7, 11) is 0. The molecular weight excluding hydrogens is 144 g/mol. The van der Waals surface area contributed by atoms with Crippen molar-refractivity contribution in [1.29, 1.82) is 0 Å². The summed E-state index contributed by atoms with van der Waals surface area (Å²) in [4.78, 5) is 0. The average Bonchev–Trinajstić information content (AvgIpc) is 2.31. The van der Waals surface area contributed by atoms with Crippen molar-refractivity contribution in [3.8, 4) is 0 Å². The Morgan fingerprint density at radius 3 is 3.00 bits per heavy atom. The van der Waals surface area contributed by atoms with Gasteiger partial charge in [-0.3, -0.25) is 0 Å². The Morgan fingerprint density at radius 1 is 1.33 bits per heavy atom. The summed E-state index contributed by atoms with van der Waals surface area (Å²) < 4.78 is 0. The van der Waals surface area contributed by atoms with E-state index in [1.54, 1.807) is 0 Å². The predicted molar refractivity (Wildman–Crippen MR) is 52.8 cm³/mol. The lowest BCUT2D eigenvalue weighted by Crippen LogP contribution is -2.02. The van der Waals surface area contributed by atoms with Gasteiger partial charge in [0.1, 0.15) is 0 Å². The maximum absolute atomic E-state index is 2.36. The highest BCUT2D eigenvalue weighted by Gasteiger charge is 2.16. The maximum Gasteiger partial charge on any atom is 0.00137 e. The first-order chi connectivity index (χ1) is 5.67. The van der Waals surface area contributed by atoms with Crippen molar-refractivity contribution in [2.45, 2.75) is 20.3 Å². The lowest BCUT2D eigenvalue weighted by molar-refractivity contribution is 0.622. The van der Waals surface area contributed by atoms with Crippen molar-refractivity contribution in [3.63, 3.8) is 0 Å². The molecule has 0 unspecified atom stereocenters. The van der Waals surface area contributed by atoms with Crippen LogP contribution in [0.4, 0.5) is 0 Å². The number of rotatable bonds is 0. The number of hydrogen-bond acceptors (Lipinski definition) is 0. The van der Waals surface area contributed by atoms with Gasteiger partial charge in [0, 0.05) is 5.41 Å². The predicted octanol–water partition coefficient (Wildman–Crippen LogP) is 3.40. The highest BCUT2D eigenvalue weighted by atomic mass is 14.2. The topological polar surface area (TPSA) is 0 Å². The van der Waals surface area contributed by atoms with Crippen LogP contribution in [-0.2, 0) is 0 Å². The molecule has 2 rings (SSSR count). The van der Waals surface area contributed by atoms with Crippen LogP contribution in [0.15, 0.2) is 47.6 Å². The van der Waals surface area contributed by atoms with Gasteiger partial charge in [0.2, 0.25) is 0 Å². The second kappa shape index (κ2) is 2.48. The van der Waals surface area contributed by atoms with Gasteiger partial charge in [0.05, 0.1) is 0 Å². The molecule has 0 amide bonds. The third kappa shape index (κ3) is 1.29. The highest BCUT2D eigenvalue weighted by molar-refractivity contribution is 5.50. The highest BCUT2D eigenvalue weighted by Crippen LogP contribution is 2.32. The van der Waals surface area contributed by atoms with E-state index in [-0.39, 0.29) is 5.41 Å². The quantitative estimate of drug-likeness (QED) is 0.507. The summed E-state index contributed by atoms with van der Waals surface area (Å²) in [6.45, 7) is 4.48. The number of allylic oxidation sites excluding steroid dienone is 8. The molecule has 0 nitrogen and oxygen atoms in total. The molecule has 0 aliphatic heterocycles. The number of hydrogen-bond donors (Lipinski definition) is 0. The SMILES string of the molecule is CC1(C)C=CC=C2C=CCC2=C1. The van der Waals surface area contributed by atoms with Crippen LogP contribution in [0, 0.1) is 5.41 Å². The van der Waals surface area contributed by atoms with E-state index in [1.165, 1.54) is 11.1 Å². The first-order valence-corrected chi connectivity index (χ1v) is 4.46. The second-order valence-corrected chi connectivity index (χ2v) is 4.08. The molecule has 0 N–H and O–H groups in total. The van der Waals surface area contributed by atoms with Gasteiger partial charge in [-0.05, 0) is 17.6 Å². The normalized spacial score (nSPS) is 24.5. The maximum atomic E-state index is 2.36. The molecule has 12 heavy (non-hydrogen) atoms. The summed E-state index contributed by atoms with van der Waals surface area (Å²) in [6.07, 6.45) is 14.5. The Bertz CT molecular complexity index is 309. The molecule has 0 fully saturated rings. The van der Waals surface area contributed by atoms with Crippen LogP contribution in [0.25, 0.3) is 0 Å². The molecule has 0 atom stereocenters. The molecule has 0 heterocycles. The molecule has 0 aromatic rings. The van der Waals surface area contributed by atoms with Crippen molar-refractivity contribution >= 4 is 0 Å². The van der Waals surface area contributed by atoms with Gasteiger partial charge in [-0.1, -0.05) is 50.3 Å². The van der Waals surface area contributed by atoms with E-state index in [0.29, 0.717) is 0 Å². The monoisotopic (exact) mass is 158 g/mol. The van der Waals surface area contributed by atoms with Crippen LogP contribution in [0.5, 0.6) is 0 Å². The minimum atomic E-state index is 0.222. The molecule has 2 aliphatic rings. The van der Waals surface area contributed by atoms with E-state index in [0.717, 1.165) is 6.42 Å². The zero-order valence-electron chi connectivity index (χ0n) is 7.67. The zero-order chi connectivity index (χ0) is 8.60. The van der Waals surface area contributed by atoms with Crippen molar-refractivity contribution in [3.05, 3.63) is 47.6 Å². The molecule has 0 aromatic carbocycles. The van der Waals surface area contributed by atoms with Gasteiger partial charge in [0.25, 0.3) is 0 Å². The van der Waals surface area contributed by atoms with Gasteiger partial charge in [0.15, 0.2) is 0 Å². The van der Waals surface area contributed by atoms with Crippen LogP contribution in [0.3, 0.4) is 0 Å². The fourth-order valence-electron chi connectivity index (χ4n) is 1.74. The lowest BCUT2D eigenvalue weighted by atomic mass is 9.90. The van der Waals surface area contributed by atoms with Gasteiger partial charge >= 0.3 is 0 Å². The van der Waals surface area contributed by atoms with Gasteiger partial charge < -0.3 is 0 Å². The van der Waals surface area contributed by atoms with E-state index < -0.39 is 0 Å². The third-order valence-corrected chi connectivity index (χ3v) is 2.35. The van der Waals surface area contributed by atoms with Gasteiger partial charge in [-0.25, -0.2) is 0 Å². The molecule has 0 saturated carbocycles. The molecule has 0 heteroatoms. The standard InChI is InChI=1S/C12H14/c1-12(2)8-4-7-10-5-3-6-11(10)9-12/h3-5,7-9H,6H2,1-2H3. The van der Waals surface area contributed by atoms with Crippen molar-refractivity contribution < 1.29 is 0 Å². The molecule has 0 aromatic heterocycles. The van der Waals surface area contributed by atoms with E-state index in [1.807, 2.05) is 0 Å². The van der Waals surface area contributed by atoms with E-state index in [4.69, 9.17) is 0 Å². The smallest absolute Gasteiger partial charge is 0.00137 e. The summed E-state index contributed by atoms with van der Waals surface area (Å²) in [5.74, 6) is 0. The minimum Gasteiger partial charge on any atom is -0.0795 e. The Morgan fingerprint density at radius 2 is 2.17 bits per heavy atom. The van der Waals surface area contributed by atoms with Gasteiger partial charge in [-0.15, -0.1) is 0 Å². The van der Waals surface area contributed by atoms with Crippen LogP contribution in [-0.4, -0.2) is 0 Å². The summed E-state index contributed by atoms with van der Waals surface area (Å²) in [5, 5.41) is 0. The van der Waals surface area contributed by atoms with Crippen molar-refractivity contribution in [2.75, 3.05) is 0 Å². The molecule has 2 aliphatic carbocycles. The molecule has 0 bridgehead atoms. The van der Waals surface area contributed by atoms with E-state index in [9.17, 15) is 0 Å². The summed E-state index contributed by atoms with van der Waals surface area (Å²) in [5.41, 5.74) is 3.08. The van der Waals surface area contributed by atoms with Crippen molar-refractivity contribution in [1.82, 2.24) is 0 Å². The Balaban J connectivity index is 2.44. The van der Waals surface area contributed by atoms with E-state index >= 15 is 0 Å². The number of fused-ring (bicyclic) bond motifs is 1. The minimum absolute atomic E-state index is 0.222. The van der Waals surface area contributed by atoms with Crippen LogP contribution < -0.4 is 0 Å². The average molecular weight is 158 g/mol. The van der Waals surface area contributed by atoms with Crippen molar-refractivity contribution in [2.24, 2.45) is 5.41 Å². The first-order valence-electron chi connectivity index (χ1n) is 4.46. The van der Waals surface area contributed by atoms with Gasteiger partial charge in [-0.2, -0.15) is 0 Å². The zero-order valence-corrected chi connectivity index (χ0v) is 7.67. The third-order valence-electron chi connectivity index (χ3n) is 2.35. The fraction of sp³-hybridized carbons (Fsp3) is 0.333. The second-order valence-electron chi connectivity index (χ2n) is 4.08. The van der Waals surface area contributed by atoms with Crippen LogP contribution in [0.2, 0.25) is 0 Å². The summed E-state index contributed by atoms with van der Waals surface area (Å²) in [6, 6.07) is 0. The summed E-state index contributed by atoms with van der Waals surface area (Å²) >= 11 is 0. The molecule has 0 spiro atoms. The molecule has 0 saturated heterocycles. The Kier molecular flexibility index (Phi) is 1.57. The Hall–Kier alpha value is -1.04. The molecule has 62 valence electrons. The fourth-order valence-corrected chi connectivity index (χ4v) is 1.74.